The van der Waals surface area contributed by atoms with Crippen LogP contribution in [0.25, 0.3) is 0 Å². The van der Waals surface area contributed by atoms with Gasteiger partial charge < -0.3 is 5.32 Å². The van der Waals surface area contributed by atoms with Crippen LogP contribution in [0.2, 0.25) is 0 Å². The van der Waals surface area contributed by atoms with Crippen molar-refractivity contribution in [3.05, 3.63) is 35.9 Å². The van der Waals surface area contributed by atoms with Crippen molar-refractivity contribution in [1.29, 1.82) is 0 Å². The van der Waals surface area contributed by atoms with Gasteiger partial charge >= 0.3 is 0 Å². The van der Waals surface area contributed by atoms with E-state index in [1.165, 1.54) is 5.56 Å². The van der Waals surface area contributed by atoms with Crippen molar-refractivity contribution in [2.75, 3.05) is 26.2 Å². The molecule has 1 aromatic carbocycles. The van der Waals surface area contributed by atoms with Crippen molar-refractivity contribution >= 4 is 5.78 Å². The summed E-state index contributed by atoms with van der Waals surface area (Å²) in [6, 6.07) is 10.7. The molecule has 18 heavy (non-hydrogen) atoms. The van der Waals surface area contributed by atoms with Crippen LogP contribution in [0.1, 0.15) is 31.4 Å². The molecule has 1 heterocycles. The Bertz CT molecular complexity index is 371. The van der Waals surface area contributed by atoms with Crippen LogP contribution in [0, 0.1) is 0 Å². The van der Waals surface area contributed by atoms with Crippen molar-refractivity contribution < 1.29 is 4.79 Å². The summed E-state index contributed by atoms with van der Waals surface area (Å²) in [6.45, 7) is 6.03. The molecule has 1 N–H and O–H groups in total. The molecule has 1 unspecified atom stereocenters. The van der Waals surface area contributed by atoms with Crippen LogP contribution in [-0.4, -0.2) is 36.9 Å². The van der Waals surface area contributed by atoms with Crippen LogP contribution >= 0.6 is 0 Å². The molecule has 0 bridgehead atoms. The van der Waals surface area contributed by atoms with Gasteiger partial charge in [-0.15, -0.1) is 0 Å². The number of ketones is 1. The highest BCUT2D eigenvalue weighted by molar-refractivity contribution is 5.78. The fourth-order valence-corrected chi connectivity index (χ4v) is 2.49. The number of carbonyl (C=O) groups excluding carboxylic acids is 1. The zero-order valence-electron chi connectivity index (χ0n) is 11.1. The van der Waals surface area contributed by atoms with Gasteiger partial charge in [0, 0.05) is 45.1 Å². The van der Waals surface area contributed by atoms with Gasteiger partial charge in [-0.2, -0.15) is 0 Å². The largest absolute Gasteiger partial charge is 0.314 e. The maximum atomic E-state index is 11.8. The summed E-state index contributed by atoms with van der Waals surface area (Å²) in [4.78, 5) is 14.2. The summed E-state index contributed by atoms with van der Waals surface area (Å²) < 4.78 is 0. The third kappa shape index (κ3) is 3.40. The van der Waals surface area contributed by atoms with Gasteiger partial charge in [-0.05, 0) is 5.56 Å². The molecule has 98 valence electrons. The van der Waals surface area contributed by atoms with E-state index in [0.717, 1.165) is 26.2 Å². The summed E-state index contributed by atoms with van der Waals surface area (Å²) >= 11 is 0. The first-order valence-electron chi connectivity index (χ1n) is 6.82. The Morgan fingerprint density at radius 3 is 2.56 bits per heavy atom. The zero-order chi connectivity index (χ0) is 12.8. The Balaban J connectivity index is 2.14. The molecule has 0 spiro atoms. The average molecular weight is 246 g/mol. The first-order valence-corrected chi connectivity index (χ1v) is 6.82. The second-order valence-corrected chi connectivity index (χ2v) is 4.81. The summed E-state index contributed by atoms with van der Waals surface area (Å²) in [5, 5.41) is 3.36. The normalized spacial score (nSPS) is 18.5. The first-order chi connectivity index (χ1) is 8.81. The highest BCUT2D eigenvalue weighted by Crippen LogP contribution is 2.25. The molecular formula is C15H22N2O. The average Bonchev–Trinajstić information content (AvgIpc) is 2.46. The lowest BCUT2D eigenvalue weighted by atomic mass is 9.98. The highest BCUT2D eigenvalue weighted by atomic mass is 16.1. The number of hydrogen-bond acceptors (Lipinski definition) is 3. The van der Waals surface area contributed by atoms with Crippen LogP contribution in [0.3, 0.4) is 0 Å². The number of piperazine rings is 1. The van der Waals surface area contributed by atoms with Crippen molar-refractivity contribution in [3.63, 3.8) is 0 Å². The molecule has 3 nitrogen and oxygen atoms in total. The molecule has 0 saturated carbocycles. The van der Waals surface area contributed by atoms with E-state index in [9.17, 15) is 4.79 Å². The summed E-state index contributed by atoms with van der Waals surface area (Å²) in [6.07, 6.45) is 1.27. The van der Waals surface area contributed by atoms with Crippen molar-refractivity contribution in [1.82, 2.24) is 10.2 Å². The van der Waals surface area contributed by atoms with Crippen LogP contribution in [0.15, 0.2) is 30.3 Å². The van der Waals surface area contributed by atoms with E-state index in [2.05, 4.69) is 34.5 Å². The summed E-state index contributed by atoms with van der Waals surface area (Å²) in [5.41, 5.74) is 1.27. The predicted molar refractivity (Wildman–Crippen MR) is 73.5 cm³/mol. The number of nitrogens with zero attached hydrogens (tertiary/aromatic N) is 1. The van der Waals surface area contributed by atoms with Crippen molar-refractivity contribution in [2.24, 2.45) is 0 Å². The number of rotatable bonds is 5. The van der Waals surface area contributed by atoms with E-state index < -0.39 is 0 Å². The molecule has 1 fully saturated rings. The maximum absolute atomic E-state index is 11.8. The Kier molecular flexibility index (Phi) is 4.90. The van der Waals surface area contributed by atoms with Gasteiger partial charge in [0.15, 0.2) is 0 Å². The Morgan fingerprint density at radius 1 is 1.28 bits per heavy atom. The minimum Gasteiger partial charge on any atom is -0.314 e. The minimum absolute atomic E-state index is 0.251. The van der Waals surface area contributed by atoms with Crippen LogP contribution < -0.4 is 5.32 Å². The van der Waals surface area contributed by atoms with E-state index in [-0.39, 0.29) is 6.04 Å². The van der Waals surface area contributed by atoms with Gasteiger partial charge in [-0.25, -0.2) is 0 Å². The molecular weight excluding hydrogens is 224 g/mol. The highest BCUT2D eigenvalue weighted by Gasteiger charge is 2.23. The van der Waals surface area contributed by atoms with Crippen LogP contribution in [-0.2, 0) is 4.79 Å². The smallest absolute Gasteiger partial charge is 0.134 e. The van der Waals surface area contributed by atoms with E-state index in [4.69, 9.17) is 0 Å². The Morgan fingerprint density at radius 2 is 1.94 bits per heavy atom. The summed E-state index contributed by atoms with van der Waals surface area (Å²) in [7, 11) is 0. The van der Waals surface area contributed by atoms with Gasteiger partial charge in [0.2, 0.25) is 0 Å². The second-order valence-electron chi connectivity index (χ2n) is 4.81. The van der Waals surface area contributed by atoms with Crippen LogP contribution in [0.5, 0.6) is 0 Å². The Labute approximate surface area is 109 Å². The van der Waals surface area contributed by atoms with E-state index >= 15 is 0 Å². The van der Waals surface area contributed by atoms with E-state index in [1.807, 2.05) is 13.0 Å². The zero-order valence-corrected chi connectivity index (χ0v) is 11.1. The lowest BCUT2D eigenvalue weighted by Crippen LogP contribution is -2.45. The molecule has 2 rings (SSSR count). The number of nitrogens with one attached hydrogen (secondary N) is 1. The van der Waals surface area contributed by atoms with E-state index in [1.54, 1.807) is 0 Å². The Hall–Kier alpha value is -1.19. The second kappa shape index (κ2) is 6.66. The van der Waals surface area contributed by atoms with Gasteiger partial charge in [-0.3, -0.25) is 9.69 Å². The summed E-state index contributed by atoms with van der Waals surface area (Å²) in [5.74, 6) is 0.349. The van der Waals surface area contributed by atoms with Gasteiger partial charge in [-0.1, -0.05) is 37.3 Å². The third-order valence-corrected chi connectivity index (χ3v) is 3.59. The fraction of sp³-hybridized carbons (Fsp3) is 0.533. The standard InChI is InChI=1S/C15H22N2O/c1-2-14(18)12-15(13-6-4-3-5-7-13)17-10-8-16-9-11-17/h3-7,15-16H,2,8-12H2,1H3. The first kappa shape index (κ1) is 13.2. The lowest BCUT2D eigenvalue weighted by molar-refractivity contribution is -0.120. The number of benzene rings is 1. The maximum Gasteiger partial charge on any atom is 0.134 e. The fourth-order valence-electron chi connectivity index (χ4n) is 2.49. The molecule has 0 amide bonds. The molecule has 1 aliphatic heterocycles. The molecule has 1 atom stereocenters. The van der Waals surface area contributed by atoms with Crippen LogP contribution in [0.4, 0.5) is 0 Å². The minimum atomic E-state index is 0.251. The molecule has 1 aliphatic rings. The molecule has 3 heteroatoms. The molecule has 1 aromatic rings. The molecule has 0 radical (unpaired) electrons. The quantitative estimate of drug-likeness (QED) is 0.862. The van der Waals surface area contributed by atoms with Gasteiger partial charge in [0.05, 0.1) is 0 Å². The number of hydrogen-bond donors (Lipinski definition) is 1. The predicted octanol–water partition coefficient (Wildman–Crippen LogP) is 2.00. The van der Waals surface area contributed by atoms with E-state index in [0.29, 0.717) is 18.6 Å². The molecule has 0 aromatic heterocycles. The number of Topliss-reactive ketones (excluding diaryl/α,β-unsaturated/α-hetero) is 1. The number of carbonyl (C=O) groups is 1. The molecule has 1 saturated heterocycles. The van der Waals surface area contributed by atoms with Crippen molar-refractivity contribution in [2.45, 2.75) is 25.8 Å². The lowest BCUT2D eigenvalue weighted by Gasteiger charge is -2.35. The molecule has 0 aliphatic carbocycles. The monoisotopic (exact) mass is 246 g/mol. The topological polar surface area (TPSA) is 32.3 Å². The SMILES string of the molecule is CCC(=O)CC(c1ccccc1)N1CCNCC1. The van der Waals surface area contributed by atoms with Crippen molar-refractivity contribution in [3.8, 4) is 0 Å². The van der Waals surface area contributed by atoms with Gasteiger partial charge in [0.1, 0.15) is 5.78 Å². The van der Waals surface area contributed by atoms with Gasteiger partial charge in [0.25, 0.3) is 0 Å². The third-order valence-electron chi connectivity index (χ3n) is 3.59.